The Balaban J connectivity index is 1.81. The van der Waals surface area contributed by atoms with Crippen LogP contribution in [0, 0.1) is 17.8 Å². The predicted octanol–water partition coefficient (Wildman–Crippen LogP) is -0.789. The Hall–Kier alpha value is -0.610. The van der Waals surface area contributed by atoms with Gasteiger partial charge in [-0.2, -0.15) is 0 Å². The van der Waals surface area contributed by atoms with Crippen molar-refractivity contribution in [3.63, 3.8) is 0 Å². The largest absolute Gasteiger partial charge is 0.341 e. The van der Waals surface area contributed by atoms with Crippen LogP contribution in [-0.2, 0) is 4.79 Å². The Bertz CT molecular complexity index is 242. The van der Waals surface area contributed by atoms with Crippen LogP contribution in [0.25, 0.3) is 0 Å². The first-order valence-corrected chi connectivity index (χ1v) is 5.28. The highest BCUT2D eigenvalue weighted by Gasteiger charge is 2.60. The van der Waals surface area contributed by atoms with Crippen molar-refractivity contribution in [1.29, 1.82) is 0 Å². The molecule has 2 fully saturated rings. The summed E-state index contributed by atoms with van der Waals surface area (Å²) in [5.41, 5.74) is 5.57. The molecule has 80 valence electrons. The Labute approximate surface area is 85.0 Å². The number of rotatable bonds is 4. The third-order valence-electron chi connectivity index (χ3n) is 3.45. The lowest BCUT2D eigenvalue weighted by Crippen LogP contribution is -2.36. The quantitative estimate of drug-likeness (QED) is 0.642. The van der Waals surface area contributed by atoms with Crippen molar-refractivity contribution < 1.29 is 4.79 Å². The van der Waals surface area contributed by atoms with Gasteiger partial charge in [0, 0.05) is 25.6 Å². The lowest BCUT2D eigenvalue weighted by atomic mass is 10.2. The lowest BCUT2D eigenvalue weighted by molar-refractivity contribution is -0.130. The lowest BCUT2D eigenvalue weighted by Gasteiger charge is -2.21. The summed E-state index contributed by atoms with van der Waals surface area (Å²) in [6, 6.07) is 0. The van der Waals surface area contributed by atoms with Crippen LogP contribution >= 0.6 is 0 Å². The molecule has 14 heavy (non-hydrogen) atoms. The van der Waals surface area contributed by atoms with E-state index in [4.69, 9.17) is 5.73 Å². The van der Waals surface area contributed by atoms with Crippen molar-refractivity contribution in [2.45, 2.75) is 0 Å². The van der Waals surface area contributed by atoms with E-state index in [-0.39, 0.29) is 5.92 Å². The molecule has 1 amide bonds. The number of carbonyl (C=O) groups is 1. The van der Waals surface area contributed by atoms with Gasteiger partial charge >= 0.3 is 0 Å². The Morgan fingerprint density at radius 3 is 2.71 bits per heavy atom. The van der Waals surface area contributed by atoms with Crippen molar-refractivity contribution in [1.82, 2.24) is 9.80 Å². The van der Waals surface area contributed by atoms with Crippen LogP contribution in [0.5, 0.6) is 0 Å². The van der Waals surface area contributed by atoms with Gasteiger partial charge in [0.05, 0.1) is 0 Å². The van der Waals surface area contributed by atoms with E-state index in [1.807, 2.05) is 19.0 Å². The van der Waals surface area contributed by atoms with Gasteiger partial charge in [0.1, 0.15) is 0 Å². The summed E-state index contributed by atoms with van der Waals surface area (Å²) >= 11 is 0. The highest BCUT2D eigenvalue weighted by molar-refractivity contribution is 5.85. The second-order valence-electron chi connectivity index (χ2n) is 4.68. The van der Waals surface area contributed by atoms with E-state index in [0.717, 1.165) is 19.6 Å². The number of carbonyl (C=O) groups excluding carboxylic acids is 1. The number of amides is 1. The Morgan fingerprint density at radius 1 is 1.57 bits per heavy atom. The molecule has 1 aliphatic heterocycles. The number of likely N-dealkylation sites (tertiary alicyclic amines) is 1. The average Bonchev–Trinajstić information content (AvgIpc) is 2.74. The van der Waals surface area contributed by atoms with Crippen molar-refractivity contribution in [3.05, 3.63) is 0 Å². The molecule has 1 heterocycles. The van der Waals surface area contributed by atoms with Crippen LogP contribution in [0.1, 0.15) is 0 Å². The molecule has 1 saturated carbocycles. The minimum absolute atomic E-state index is 0.280. The monoisotopic (exact) mass is 197 g/mol. The molecule has 0 aromatic heterocycles. The van der Waals surface area contributed by atoms with Crippen LogP contribution in [0.3, 0.4) is 0 Å². The first kappa shape index (κ1) is 9.93. The van der Waals surface area contributed by atoms with Gasteiger partial charge in [-0.05, 0) is 32.5 Å². The molecule has 1 aliphatic carbocycles. The molecule has 0 aromatic carbocycles. The molecule has 3 atom stereocenters. The van der Waals surface area contributed by atoms with Gasteiger partial charge in [0.15, 0.2) is 0 Å². The fourth-order valence-corrected chi connectivity index (χ4v) is 2.46. The van der Waals surface area contributed by atoms with Crippen LogP contribution in [-0.4, -0.2) is 56.0 Å². The highest BCUT2D eigenvalue weighted by Crippen LogP contribution is 2.51. The van der Waals surface area contributed by atoms with Crippen LogP contribution in [0.4, 0.5) is 0 Å². The molecule has 0 radical (unpaired) electrons. The number of nitrogens with zero attached hydrogens (tertiary/aromatic N) is 2. The molecule has 2 rings (SSSR count). The van der Waals surface area contributed by atoms with Crippen LogP contribution in [0.2, 0.25) is 0 Å². The fourth-order valence-electron chi connectivity index (χ4n) is 2.46. The van der Waals surface area contributed by atoms with E-state index >= 15 is 0 Å². The first-order valence-electron chi connectivity index (χ1n) is 5.28. The Kier molecular flexibility index (Phi) is 2.49. The van der Waals surface area contributed by atoms with E-state index in [1.54, 1.807) is 0 Å². The number of fused-ring (bicyclic) bond motifs is 1. The molecule has 2 aliphatic rings. The second-order valence-corrected chi connectivity index (χ2v) is 4.68. The number of hydrogen-bond donors (Lipinski definition) is 1. The minimum atomic E-state index is 0.280. The first-order chi connectivity index (χ1) is 6.65. The molecule has 0 bridgehead atoms. The van der Waals surface area contributed by atoms with E-state index < -0.39 is 0 Å². The number of likely N-dealkylation sites (N-methyl/N-ethyl adjacent to an activating group) is 1. The standard InChI is InChI=1S/C10H19N3O/c1-12(2)3-4-13-6-8-7(5-11)9(8)10(13)14/h7-9H,3-6,11H2,1-2H3. The van der Waals surface area contributed by atoms with Gasteiger partial charge in [-0.15, -0.1) is 0 Å². The molecule has 2 N–H and O–H groups in total. The number of hydrogen-bond acceptors (Lipinski definition) is 3. The predicted molar refractivity (Wildman–Crippen MR) is 54.7 cm³/mol. The van der Waals surface area contributed by atoms with E-state index in [0.29, 0.717) is 24.3 Å². The van der Waals surface area contributed by atoms with E-state index in [9.17, 15) is 4.79 Å². The summed E-state index contributed by atoms with van der Waals surface area (Å²) in [6.45, 7) is 3.45. The zero-order valence-corrected chi connectivity index (χ0v) is 8.94. The van der Waals surface area contributed by atoms with Gasteiger partial charge in [0.2, 0.25) is 5.91 Å². The van der Waals surface area contributed by atoms with Gasteiger partial charge in [-0.1, -0.05) is 0 Å². The number of piperidine rings is 1. The summed E-state index contributed by atoms with van der Waals surface area (Å²) in [5.74, 6) is 1.70. The second kappa shape index (κ2) is 3.51. The average molecular weight is 197 g/mol. The maximum Gasteiger partial charge on any atom is 0.226 e. The van der Waals surface area contributed by atoms with Gasteiger partial charge in [-0.3, -0.25) is 4.79 Å². The van der Waals surface area contributed by atoms with Gasteiger partial charge < -0.3 is 15.5 Å². The summed E-state index contributed by atoms with van der Waals surface area (Å²) in [7, 11) is 4.06. The third kappa shape index (κ3) is 1.53. The summed E-state index contributed by atoms with van der Waals surface area (Å²) in [6.07, 6.45) is 0. The van der Waals surface area contributed by atoms with Gasteiger partial charge in [0.25, 0.3) is 0 Å². The fraction of sp³-hybridized carbons (Fsp3) is 0.900. The minimum Gasteiger partial charge on any atom is -0.341 e. The van der Waals surface area contributed by atoms with Crippen LogP contribution in [0.15, 0.2) is 0 Å². The zero-order valence-electron chi connectivity index (χ0n) is 8.94. The molecule has 1 saturated heterocycles. The van der Waals surface area contributed by atoms with Crippen LogP contribution < -0.4 is 5.73 Å². The molecular formula is C10H19N3O. The molecule has 4 heteroatoms. The van der Waals surface area contributed by atoms with E-state index in [2.05, 4.69) is 4.90 Å². The van der Waals surface area contributed by atoms with Crippen molar-refractivity contribution >= 4 is 5.91 Å². The highest BCUT2D eigenvalue weighted by atomic mass is 16.2. The SMILES string of the molecule is CN(C)CCN1CC2C(CN)C2C1=O. The summed E-state index contributed by atoms with van der Waals surface area (Å²) in [4.78, 5) is 15.9. The Morgan fingerprint density at radius 2 is 2.29 bits per heavy atom. The molecular weight excluding hydrogens is 178 g/mol. The van der Waals surface area contributed by atoms with Gasteiger partial charge in [-0.25, -0.2) is 0 Å². The van der Waals surface area contributed by atoms with Crippen molar-refractivity contribution in [2.75, 3.05) is 40.3 Å². The number of nitrogens with two attached hydrogens (primary N) is 1. The molecule has 0 aromatic rings. The summed E-state index contributed by atoms with van der Waals surface area (Å²) in [5, 5.41) is 0. The van der Waals surface area contributed by atoms with Crippen molar-refractivity contribution in [3.8, 4) is 0 Å². The topological polar surface area (TPSA) is 49.6 Å². The third-order valence-corrected chi connectivity index (χ3v) is 3.45. The zero-order chi connectivity index (χ0) is 10.3. The van der Waals surface area contributed by atoms with E-state index in [1.165, 1.54) is 0 Å². The molecule has 4 nitrogen and oxygen atoms in total. The normalized spacial score (nSPS) is 35.3. The smallest absolute Gasteiger partial charge is 0.226 e. The maximum absolute atomic E-state index is 11.8. The maximum atomic E-state index is 11.8. The molecule has 3 unspecified atom stereocenters. The molecule has 0 spiro atoms. The summed E-state index contributed by atoms with van der Waals surface area (Å²) < 4.78 is 0. The van der Waals surface area contributed by atoms with Crippen molar-refractivity contribution in [2.24, 2.45) is 23.5 Å².